The molecule has 1 atom stereocenters. The first-order valence-corrected chi connectivity index (χ1v) is 6.07. The second-order valence-corrected chi connectivity index (χ2v) is 4.96. The fourth-order valence-electron chi connectivity index (χ4n) is 2.83. The number of hydrogen-bond donors (Lipinski definition) is 1. The highest BCUT2D eigenvalue weighted by atomic mass is 16.1. The van der Waals surface area contributed by atoms with E-state index in [1.807, 2.05) is 0 Å². The van der Waals surface area contributed by atoms with Crippen LogP contribution in [0.25, 0.3) is 0 Å². The topological polar surface area (TPSA) is 29.1 Å². The summed E-state index contributed by atoms with van der Waals surface area (Å²) in [6.45, 7) is 2.18. The van der Waals surface area contributed by atoms with Gasteiger partial charge in [-0.3, -0.25) is 4.79 Å². The van der Waals surface area contributed by atoms with Crippen molar-refractivity contribution in [1.82, 2.24) is 5.32 Å². The van der Waals surface area contributed by atoms with Gasteiger partial charge in [0.2, 0.25) is 0 Å². The summed E-state index contributed by atoms with van der Waals surface area (Å²) in [6.07, 6.45) is 8.21. The second kappa shape index (κ2) is 4.92. The molecule has 14 heavy (non-hydrogen) atoms. The fraction of sp³-hybridized carbons (Fsp3) is 0.917. The van der Waals surface area contributed by atoms with E-state index in [1.165, 1.54) is 32.1 Å². The Morgan fingerprint density at radius 3 is 2.43 bits per heavy atom. The van der Waals surface area contributed by atoms with Crippen molar-refractivity contribution in [1.29, 1.82) is 0 Å². The third-order valence-electron chi connectivity index (χ3n) is 3.67. The van der Waals surface area contributed by atoms with Gasteiger partial charge in [0.1, 0.15) is 5.78 Å². The van der Waals surface area contributed by atoms with Gasteiger partial charge in [0.05, 0.1) is 0 Å². The molecule has 1 aliphatic carbocycles. The van der Waals surface area contributed by atoms with E-state index in [1.54, 1.807) is 0 Å². The fourth-order valence-corrected chi connectivity index (χ4v) is 2.83. The average molecular weight is 195 g/mol. The Morgan fingerprint density at radius 1 is 1.07 bits per heavy atom. The lowest BCUT2D eigenvalue weighted by atomic mass is 9.94. The van der Waals surface area contributed by atoms with Crippen molar-refractivity contribution in [3.63, 3.8) is 0 Å². The van der Waals surface area contributed by atoms with E-state index in [4.69, 9.17) is 0 Å². The maximum atomic E-state index is 11.7. The molecule has 0 aromatic carbocycles. The van der Waals surface area contributed by atoms with Crippen LogP contribution in [-0.4, -0.2) is 18.9 Å². The van der Waals surface area contributed by atoms with E-state index in [9.17, 15) is 4.79 Å². The zero-order chi connectivity index (χ0) is 9.80. The Kier molecular flexibility index (Phi) is 3.57. The first-order valence-electron chi connectivity index (χ1n) is 6.07. The molecule has 0 aromatic heterocycles. The summed E-state index contributed by atoms with van der Waals surface area (Å²) >= 11 is 0. The van der Waals surface area contributed by atoms with Crippen molar-refractivity contribution in [3.05, 3.63) is 0 Å². The van der Waals surface area contributed by atoms with Crippen LogP contribution in [0.15, 0.2) is 0 Å². The van der Waals surface area contributed by atoms with Gasteiger partial charge in [-0.1, -0.05) is 25.7 Å². The van der Waals surface area contributed by atoms with Crippen molar-refractivity contribution < 1.29 is 4.79 Å². The largest absolute Gasteiger partial charge is 0.316 e. The van der Waals surface area contributed by atoms with Crippen LogP contribution in [0.1, 0.15) is 44.9 Å². The van der Waals surface area contributed by atoms with Gasteiger partial charge in [0, 0.05) is 12.8 Å². The maximum absolute atomic E-state index is 11.7. The molecule has 0 spiro atoms. The number of carbonyl (C=O) groups is 1. The van der Waals surface area contributed by atoms with Gasteiger partial charge in [0.25, 0.3) is 0 Å². The SMILES string of the molecule is O=C(CC1CCCC1)CC1CCNC1. The Morgan fingerprint density at radius 2 is 1.79 bits per heavy atom. The number of rotatable bonds is 4. The smallest absolute Gasteiger partial charge is 0.133 e. The maximum Gasteiger partial charge on any atom is 0.133 e. The summed E-state index contributed by atoms with van der Waals surface area (Å²) < 4.78 is 0. The number of hydrogen-bond acceptors (Lipinski definition) is 2. The van der Waals surface area contributed by atoms with E-state index in [0.29, 0.717) is 11.7 Å². The molecule has 1 unspecified atom stereocenters. The van der Waals surface area contributed by atoms with Crippen LogP contribution in [-0.2, 0) is 4.79 Å². The third-order valence-corrected chi connectivity index (χ3v) is 3.67. The average Bonchev–Trinajstić information content (AvgIpc) is 2.76. The highest BCUT2D eigenvalue weighted by molar-refractivity contribution is 5.78. The standard InChI is InChI=1S/C12H21NO/c14-12(7-10-3-1-2-4-10)8-11-5-6-13-9-11/h10-11,13H,1-9H2. The normalized spacial score (nSPS) is 28.4. The molecule has 1 heterocycles. The van der Waals surface area contributed by atoms with E-state index in [0.717, 1.165) is 31.8 Å². The van der Waals surface area contributed by atoms with Crippen LogP contribution in [0.5, 0.6) is 0 Å². The van der Waals surface area contributed by atoms with Crippen LogP contribution < -0.4 is 5.32 Å². The van der Waals surface area contributed by atoms with Gasteiger partial charge in [-0.05, 0) is 31.3 Å². The quantitative estimate of drug-likeness (QED) is 0.744. The summed E-state index contributed by atoms with van der Waals surface area (Å²) in [5, 5.41) is 3.32. The van der Waals surface area contributed by atoms with Gasteiger partial charge in [0.15, 0.2) is 0 Å². The number of Topliss-reactive ketones (excluding diaryl/α,β-unsaturated/α-hetero) is 1. The minimum atomic E-state index is 0.519. The predicted molar refractivity (Wildman–Crippen MR) is 57.2 cm³/mol. The summed E-state index contributed by atoms with van der Waals surface area (Å²) in [7, 11) is 0. The summed E-state index contributed by atoms with van der Waals surface area (Å²) in [4.78, 5) is 11.7. The molecule has 0 amide bonds. The molecule has 0 bridgehead atoms. The molecule has 1 aliphatic heterocycles. The molecule has 1 N–H and O–H groups in total. The minimum absolute atomic E-state index is 0.519. The highest BCUT2D eigenvalue weighted by Gasteiger charge is 2.22. The summed E-state index contributed by atoms with van der Waals surface area (Å²) in [6, 6.07) is 0. The molecule has 2 rings (SSSR count). The molecule has 2 heteroatoms. The van der Waals surface area contributed by atoms with E-state index < -0.39 is 0 Å². The first kappa shape index (κ1) is 10.2. The molecule has 1 saturated carbocycles. The third kappa shape index (κ3) is 2.81. The van der Waals surface area contributed by atoms with Crippen molar-refractivity contribution in [2.45, 2.75) is 44.9 Å². The van der Waals surface area contributed by atoms with Crippen LogP contribution in [0.4, 0.5) is 0 Å². The summed E-state index contributed by atoms with van der Waals surface area (Å²) in [5.74, 6) is 1.89. The lowest BCUT2D eigenvalue weighted by Gasteiger charge is -2.10. The molecule has 2 fully saturated rings. The van der Waals surface area contributed by atoms with Crippen LogP contribution in [0.2, 0.25) is 0 Å². The highest BCUT2D eigenvalue weighted by Crippen LogP contribution is 2.28. The van der Waals surface area contributed by atoms with Crippen LogP contribution in [0.3, 0.4) is 0 Å². The van der Waals surface area contributed by atoms with Crippen molar-refractivity contribution >= 4 is 5.78 Å². The zero-order valence-corrected chi connectivity index (χ0v) is 8.93. The van der Waals surface area contributed by atoms with Gasteiger partial charge in [-0.25, -0.2) is 0 Å². The second-order valence-electron chi connectivity index (χ2n) is 4.96. The Bertz CT molecular complexity index is 170. The minimum Gasteiger partial charge on any atom is -0.316 e. The molecular weight excluding hydrogens is 174 g/mol. The van der Waals surface area contributed by atoms with Gasteiger partial charge < -0.3 is 5.32 Å². The van der Waals surface area contributed by atoms with Gasteiger partial charge in [-0.2, -0.15) is 0 Å². The predicted octanol–water partition coefficient (Wildman–Crippen LogP) is 2.14. The Balaban J connectivity index is 1.66. The van der Waals surface area contributed by atoms with Crippen molar-refractivity contribution in [2.75, 3.05) is 13.1 Å². The van der Waals surface area contributed by atoms with Gasteiger partial charge >= 0.3 is 0 Å². The molecule has 0 radical (unpaired) electrons. The van der Waals surface area contributed by atoms with E-state index in [-0.39, 0.29) is 0 Å². The monoisotopic (exact) mass is 195 g/mol. The van der Waals surface area contributed by atoms with Crippen molar-refractivity contribution in [3.8, 4) is 0 Å². The lowest BCUT2D eigenvalue weighted by molar-refractivity contribution is -0.120. The van der Waals surface area contributed by atoms with E-state index >= 15 is 0 Å². The van der Waals surface area contributed by atoms with Gasteiger partial charge in [-0.15, -0.1) is 0 Å². The zero-order valence-electron chi connectivity index (χ0n) is 8.93. The molecule has 0 aromatic rings. The molecule has 2 aliphatic rings. The van der Waals surface area contributed by atoms with E-state index in [2.05, 4.69) is 5.32 Å². The first-order chi connectivity index (χ1) is 6.84. The molecule has 2 nitrogen and oxygen atoms in total. The number of carbonyl (C=O) groups excluding carboxylic acids is 1. The van der Waals surface area contributed by atoms with Crippen LogP contribution in [0, 0.1) is 11.8 Å². The lowest BCUT2D eigenvalue weighted by Crippen LogP contribution is -2.14. The van der Waals surface area contributed by atoms with Crippen molar-refractivity contribution in [2.24, 2.45) is 11.8 Å². The molecule has 80 valence electrons. The number of nitrogens with one attached hydrogen (secondary N) is 1. The summed E-state index contributed by atoms with van der Waals surface area (Å²) in [5.41, 5.74) is 0. The Hall–Kier alpha value is -0.370. The molecular formula is C12H21NO. The van der Waals surface area contributed by atoms with Crippen LogP contribution >= 0.6 is 0 Å². The number of ketones is 1. The Labute approximate surface area is 86.5 Å². The molecule has 1 saturated heterocycles.